The minimum atomic E-state index is -0.0487. The van der Waals surface area contributed by atoms with Gasteiger partial charge in [-0.15, -0.1) is 5.16 Å². The fraction of sp³-hybridized carbons (Fsp3) is 0.333. The minimum Gasteiger partial charge on any atom is -0.389 e. The Morgan fingerprint density at radius 2 is 2.57 bits per heavy atom. The van der Waals surface area contributed by atoms with Crippen LogP contribution < -0.4 is 0 Å². The number of nitrogens with zero attached hydrogens (tertiary/aromatic N) is 1. The zero-order chi connectivity index (χ0) is 5.70. The van der Waals surface area contributed by atoms with E-state index in [1.807, 2.05) is 0 Å². The van der Waals surface area contributed by atoms with Gasteiger partial charge in [-0.3, -0.25) is 0 Å². The molecule has 0 aromatic heterocycles. The first kappa shape index (κ1) is 6.20. The summed E-state index contributed by atoms with van der Waals surface area (Å²) in [5.74, 6) is 0. The molecule has 0 bridgehead atoms. The molecule has 7 heavy (non-hydrogen) atoms. The zero-order valence-corrected chi connectivity index (χ0v) is 4.18. The van der Waals surface area contributed by atoms with Gasteiger partial charge in [0.25, 0.3) is 0 Å². The lowest BCUT2D eigenvalue weighted by Gasteiger charge is -1.88. The molecule has 0 N–H and O–H groups in total. The first-order valence-corrected chi connectivity index (χ1v) is 1.85. The second-order valence-electron chi connectivity index (χ2n) is 1.10. The van der Waals surface area contributed by atoms with Crippen molar-refractivity contribution in [1.82, 2.24) is 0 Å². The van der Waals surface area contributed by atoms with Crippen molar-refractivity contribution in [2.75, 3.05) is 6.61 Å². The summed E-state index contributed by atoms with van der Waals surface area (Å²) in [5, 5.41) is 3.00. The molecule has 3 nitrogen and oxygen atoms in total. The Labute approximate surface area is 42.7 Å². The van der Waals surface area contributed by atoms with E-state index in [0.717, 1.165) is 0 Å². The molecule has 0 saturated heterocycles. The molecule has 0 atom stereocenters. The number of oxime groups is 1. The van der Waals surface area contributed by atoms with E-state index in [1.165, 1.54) is 7.85 Å². The zero-order valence-electron chi connectivity index (χ0n) is 4.18. The molecule has 0 spiro atoms. The maximum atomic E-state index is 9.99. The van der Waals surface area contributed by atoms with Crippen LogP contribution >= 0.6 is 0 Å². The van der Waals surface area contributed by atoms with Gasteiger partial charge in [0.05, 0.1) is 0 Å². The third-order valence-corrected chi connectivity index (χ3v) is 0.359. The van der Waals surface area contributed by atoms with Crippen LogP contribution in [0.15, 0.2) is 5.16 Å². The highest BCUT2D eigenvalue weighted by molar-refractivity contribution is 6.58. The Bertz CT molecular complexity index is 83.0. The molecular weight excluding hydrogens is 92.8 g/mol. The largest absolute Gasteiger partial charge is 0.389 e. The van der Waals surface area contributed by atoms with Crippen LogP contribution in [-0.4, -0.2) is 26.9 Å². The van der Waals surface area contributed by atoms with E-state index in [-0.39, 0.29) is 12.3 Å². The van der Waals surface area contributed by atoms with E-state index in [0.29, 0.717) is 0 Å². The van der Waals surface area contributed by atoms with Crippen LogP contribution in [0, 0.1) is 0 Å². The van der Waals surface area contributed by atoms with Crippen molar-refractivity contribution in [3.63, 3.8) is 0 Å². The van der Waals surface area contributed by atoms with Crippen molar-refractivity contribution in [2.45, 2.75) is 0 Å². The smallest absolute Gasteiger partial charge is 0.192 e. The average molecular weight is 98.9 g/mol. The Kier molecular flexibility index (Phi) is 3.01. The minimum absolute atomic E-state index is 0.0312. The number of rotatable bonds is 3. The summed E-state index contributed by atoms with van der Waals surface area (Å²) in [7, 11) is 1.42. The lowest BCUT2D eigenvalue weighted by molar-refractivity contribution is -0.115. The van der Waals surface area contributed by atoms with E-state index in [9.17, 15) is 4.79 Å². The molecule has 0 unspecified atom stereocenters. The number of carbonyl (C=O) groups is 1. The van der Waals surface area contributed by atoms with Crippen molar-refractivity contribution in [3.05, 3.63) is 0 Å². The highest BCUT2D eigenvalue weighted by Crippen LogP contribution is 1.69. The van der Waals surface area contributed by atoms with Crippen LogP contribution in [0.25, 0.3) is 0 Å². The molecule has 0 aliphatic carbocycles. The summed E-state index contributed by atoms with van der Waals surface area (Å²) in [6.07, 6.45) is 0. The van der Waals surface area contributed by atoms with Gasteiger partial charge in [-0.2, -0.15) is 0 Å². The molecule has 0 heterocycles. The highest BCUT2D eigenvalue weighted by Gasteiger charge is 1.87. The van der Waals surface area contributed by atoms with E-state index in [4.69, 9.17) is 0 Å². The summed E-state index contributed by atoms with van der Waals surface area (Å²) < 4.78 is 0. The van der Waals surface area contributed by atoms with Gasteiger partial charge in [0.15, 0.2) is 14.5 Å². The van der Waals surface area contributed by atoms with Gasteiger partial charge in [0, 0.05) is 6.72 Å². The molecule has 4 heteroatoms. The lowest BCUT2D eigenvalue weighted by Crippen LogP contribution is -2.03. The van der Waals surface area contributed by atoms with Gasteiger partial charge in [-0.05, 0) is 0 Å². The molecule has 0 aliphatic heterocycles. The predicted octanol–water partition coefficient (Wildman–Crippen LogP) is -1.22. The normalized spacial score (nSPS) is 7.43. The van der Waals surface area contributed by atoms with E-state index in [1.54, 1.807) is 0 Å². The second-order valence-corrected chi connectivity index (χ2v) is 1.10. The van der Waals surface area contributed by atoms with Crippen LogP contribution in [0.1, 0.15) is 0 Å². The van der Waals surface area contributed by atoms with Crippen LogP contribution in [0.3, 0.4) is 0 Å². The fourth-order valence-electron chi connectivity index (χ4n) is 0.137. The standard InChI is InChI=1S/C3H6BNO2/c1-5-7-2-3(4)6/h1-2,4H2. The number of carbonyl (C=O) groups excluding carboxylic acids is 1. The third kappa shape index (κ3) is 5.20. The first-order valence-electron chi connectivity index (χ1n) is 1.85. The Balaban J connectivity index is 2.97. The lowest BCUT2D eigenvalue weighted by atomic mass is 10.1. The quantitative estimate of drug-likeness (QED) is 0.252. The van der Waals surface area contributed by atoms with E-state index < -0.39 is 0 Å². The maximum Gasteiger partial charge on any atom is 0.192 e. The summed E-state index contributed by atoms with van der Waals surface area (Å²) in [6.45, 7) is 3.04. The van der Waals surface area contributed by atoms with Gasteiger partial charge >= 0.3 is 0 Å². The van der Waals surface area contributed by atoms with Gasteiger partial charge in [-0.25, -0.2) is 0 Å². The van der Waals surface area contributed by atoms with Crippen molar-refractivity contribution in [3.8, 4) is 0 Å². The van der Waals surface area contributed by atoms with Crippen molar-refractivity contribution >= 4 is 20.2 Å². The van der Waals surface area contributed by atoms with Crippen LogP contribution in [-0.2, 0) is 9.63 Å². The molecule has 0 saturated carbocycles. The molecule has 0 aromatic rings. The Morgan fingerprint density at radius 1 is 2.00 bits per heavy atom. The first-order chi connectivity index (χ1) is 3.27. The molecule has 0 aliphatic rings. The van der Waals surface area contributed by atoms with Gasteiger partial charge in [0.2, 0.25) is 0 Å². The molecule has 0 aromatic carbocycles. The highest BCUT2D eigenvalue weighted by atomic mass is 16.6. The maximum absolute atomic E-state index is 9.99. The number of hydrogen-bond acceptors (Lipinski definition) is 3. The summed E-state index contributed by atoms with van der Waals surface area (Å²) in [5.41, 5.74) is -0.0487. The van der Waals surface area contributed by atoms with Crippen LogP contribution in [0.4, 0.5) is 0 Å². The topological polar surface area (TPSA) is 38.7 Å². The third-order valence-electron chi connectivity index (χ3n) is 0.359. The Hall–Kier alpha value is -0.795. The monoisotopic (exact) mass is 99.0 g/mol. The molecule has 0 amide bonds. The van der Waals surface area contributed by atoms with Crippen molar-refractivity contribution < 1.29 is 9.63 Å². The van der Waals surface area contributed by atoms with Crippen LogP contribution in [0.5, 0.6) is 0 Å². The Morgan fingerprint density at radius 3 is 2.71 bits per heavy atom. The number of hydrogen-bond donors (Lipinski definition) is 0. The van der Waals surface area contributed by atoms with E-state index >= 15 is 0 Å². The second kappa shape index (κ2) is 3.40. The SMILES string of the molecule is BC(=O)CON=C. The molecule has 0 fully saturated rings. The average Bonchev–Trinajstić information content (AvgIpc) is 1.61. The summed E-state index contributed by atoms with van der Waals surface area (Å²) in [6, 6.07) is 0. The molecular formula is C3H6BNO2. The fourth-order valence-corrected chi connectivity index (χ4v) is 0.137. The molecule has 0 rings (SSSR count). The van der Waals surface area contributed by atoms with Crippen molar-refractivity contribution in [1.29, 1.82) is 0 Å². The summed E-state index contributed by atoms with van der Waals surface area (Å²) >= 11 is 0. The molecule has 38 valence electrons. The van der Waals surface area contributed by atoms with Gasteiger partial charge in [-0.1, -0.05) is 0 Å². The molecule has 0 radical (unpaired) electrons. The van der Waals surface area contributed by atoms with Crippen molar-refractivity contribution in [2.24, 2.45) is 5.16 Å². The summed E-state index contributed by atoms with van der Waals surface area (Å²) in [4.78, 5) is 14.2. The van der Waals surface area contributed by atoms with E-state index in [2.05, 4.69) is 16.7 Å². The van der Waals surface area contributed by atoms with Gasteiger partial charge < -0.3 is 9.63 Å². The predicted molar refractivity (Wildman–Crippen MR) is 29.1 cm³/mol. The van der Waals surface area contributed by atoms with Gasteiger partial charge in [0.1, 0.15) is 5.68 Å². The van der Waals surface area contributed by atoms with Crippen LogP contribution in [0.2, 0.25) is 0 Å².